The van der Waals surface area contributed by atoms with Crippen LogP contribution in [-0.4, -0.2) is 24.5 Å². The van der Waals surface area contributed by atoms with Crippen molar-refractivity contribution >= 4 is 32.3 Å². The Morgan fingerprint density at radius 1 is 1.00 bits per heavy atom. The van der Waals surface area contributed by atoms with Crippen molar-refractivity contribution in [2.24, 2.45) is 0 Å². The predicted molar refractivity (Wildman–Crippen MR) is 110 cm³/mol. The molecule has 9 nitrogen and oxygen atoms in total. The first-order valence-electron chi connectivity index (χ1n) is 8.47. The van der Waals surface area contributed by atoms with E-state index in [1.807, 2.05) is 24.3 Å². The number of H-pyrrole nitrogens is 3. The van der Waals surface area contributed by atoms with Crippen LogP contribution >= 0.6 is 11.3 Å². The van der Waals surface area contributed by atoms with E-state index in [0.29, 0.717) is 21.5 Å². The van der Waals surface area contributed by atoms with Gasteiger partial charge in [-0.05, 0) is 6.07 Å². The Balaban J connectivity index is 1.81. The minimum Gasteiger partial charge on any atom is -0.313 e. The van der Waals surface area contributed by atoms with Gasteiger partial charge in [-0.3, -0.25) is 19.6 Å². The highest BCUT2D eigenvalue weighted by molar-refractivity contribution is 7.22. The molecule has 0 fully saturated rings. The number of nitrogens with one attached hydrogen (secondary N) is 3. The average Bonchev–Trinajstić information content (AvgIpc) is 3.12. The average molecular weight is 405 g/mol. The molecule has 4 heterocycles. The maximum atomic E-state index is 13.2. The molecule has 142 valence electrons. The van der Waals surface area contributed by atoms with Crippen molar-refractivity contribution in [3.63, 3.8) is 0 Å². The number of fused-ring (bicyclic) bond motifs is 2. The molecule has 0 saturated heterocycles. The molecule has 0 aliphatic carbocycles. The molecule has 0 aliphatic heterocycles. The molecule has 0 atom stereocenters. The monoisotopic (exact) mass is 405 g/mol. The lowest BCUT2D eigenvalue weighted by atomic mass is 10.1. The van der Waals surface area contributed by atoms with E-state index in [9.17, 15) is 19.2 Å². The van der Waals surface area contributed by atoms with E-state index in [1.54, 1.807) is 6.20 Å². The third kappa shape index (κ3) is 2.65. The Labute approximate surface area is 164 Å². The Morgan fingerprint density at radius 2 is 1.83 bits per heavy atom. The molecule has 1 aromatic carbocycles. The quantitative estimate of drug-likeness (QED) is 0.407. The first-order valence-corrected chi connectivity index (χ1v) is 9.29. The molecule has 0 amide bonds. The van der Waals surface area contributed by atoms with Crippen molar-refractivity contribution in [3.8, 4) is 16.1 Å². The zero-order chi connectivity index (χ0) is 20.1. The number of hydrogen-bond acceptors (Lipinski definition) is 6. The SMILES string of the molecule is O=c1[nH]cc(-c2cc3[nH]c(=O)n(-c4cncc5ccccc45)c(=O)c3s2)c(=O)[nH]1. The van der Waals surface area contributed by atoms with Crippen molar-refractivity contribution in [2.75, 3.05) is 0 Å². The van der Waals surface area contributed by atoms with Gasteiger partial charge in [0.2, 0.25) is 0 Å². The van der Waals surface area contributed by atoms with E-state index in [1.165, 1.54) is 18.5 Å². The summed E-state index contributed by atoms with van der Waals surface area (Å²) in [5.74, 6) is 0. The zero-order valence-electron chi connectivity index (χ0n) is 14.6. The molecular weight excluding hydrogens is 394 g/mol. The largest absolute Gasteiger partial charge is 0.333 e. The van der Waals surface area contributed by atoms with Crippen molar-refractivity contribution < 1.29 is 0 Å². The van der Waals surface area contributed by atoms with Crippen molar-refractivity contribution in [1.29, 1.82) is 0 Å². The smallest absolute Gasteiger partial charge is 0.313 e. The van der Waals surface area contributed by atoms with E-state index in [0.717, 1.165) is 21.3 Å². The van der Waals surface area contributed by atoms with Gasteiger partial charge in [0, 0.05) is 28.0 Å². The van der Waals surface area contributed by atoms with Gasteiger partial charge in [0.05, 0.1) is 23.0 Å². The number of pyridine rings is 1. The fourth-order valence-corrected chi connectivity index (χ4v) is 4.29. The number of nitrogens with zero attached hydrogens (tertiary/aromatic N) is 2. The van der Waals surface area contributed by atoms with Crippen molar-refractivity contribution in [3.05, 3.63) is 90.6 Å². The second-order valence-corrected chi connectivity index (χ2v) is 7.34. The van der Waals surface area contributed by atoms with Gasteiger partial charge in [0.1, 0.15) is 4.70 Å². The Kier molecular flexibility index (Phi) is 3.68. The fourth-order valence-electron chi connectivity index (χ4n) is 3.23. The topological polar surface area (TPSA) is 133 Å². The molecule has 29 heavy (non-hydrogen) atoms. The van der Waals surface area contributed by atoms with Crippen LogP contribution in [0.2, 0.25) is 0 Å². The maximum absolute atomic E-state index is 13.2. The first-order chi connectivity index (χ1) is 14.0. The number of benzene rings is 1. The second-order valence-electron chi connectivity index (χ2n) is 6.29. The third-order valence-electron chi connectivity index (χ3n) is 4.55. The van der Waals surface area contributed by atoms with Gasteiger partial charge >= 0.3 is 11.4 Å². The highest BCUT2D eigenvalue weighted by Gasteiger charge is 2.16. The zero-order valence-corrected chi connectivity index (χ0v) is 15.4. The highest BCUT2D eigenvalue weighted by atomic mass is 32.1. The lowest BCUT2D eigenvalue weighted by Crippen LogP contribution is -2.33. The molecule has 0 aliphatic rings. The summed E-state index contributed by atoms with van der Waals surface area (Å²) in [5.41, 5.74) is -1.45. The number of rotatable bonds is 2. The fraction of sp³-hybridized carbons (Fsp3) is 0. The van der Waals surface area contributed by atoms with Gasteiger partial charge in [0.25, 0.3) is 11.1 Å². The van der Waals surface area contributed by atoms with E-state index in [2.05, 4.69) is 19.9 Å². The molecule has 3 N–H and O–H groups in total. The molecule has 0 bridgehead atoms. The van der Waals surface area contributed by atoms with Gasteiger partial charge in [-0.25, -0.2) is 14.2 Å². The van der Waals surface area contributed by atoms with Crippen LogP contribution in [0.1, 0.15) is 0 Å². The van der Waals surface area contributed by atoms with Crippen LogP contribution in [0.3, 0.4) is 0 Å². The van der Waals surface area contributed by atoms with Crippen LogP contribution in [0.4, 0.5) is 0 Å². The third-order valence-corrected chi connectivity index (χ3v) is 5.70. The van der Waals surface area contributed by atoms with Gasteiger partial charge in [-0.15, -0.1) is 11.3 Å². The van der Waals surface area contributed by atoms with Gasteiger partial charge in [0.15, 0.2) is 0 Å². The summed E-state index contributed by atoms with van der Waals surface area (Å²) in [6.07, 6.45) is 4.39. The molecule has 5 aromatic rings. The number of aromatic nitrogens is 5. The number of aromatic amines is 3. The Morgan fingerprint density at radius 3 is 2.66 bits per heavy atom. The molecule has 4 aromatic heterocycles. The summed E-state index contributed by atoms with van der Waals surface area (Å²) in [7, 11) is 0. The molecule has 5 rings (SSSR count). The summed E-state index contributed by atoms with van der Waals surface area (Å²) in [5, 5.41) is 1.51. The highest BCUT2D eigenvalue weighted by Crippen LogP contribution is 2.28. The Hall–Kier alpha value is -4.05. The molecule has 0 saturated carbocycles. The number of hydrogen-bond donors (Lipinski definition) is 3. The van der Waals surface area contributed by atoms with Crippen LogP contribution in [0.5, 0.6) is 0 Å². The van der Waals surface area contributed by atoms with Crippen molar-refractivity contribution in [2.45, 2.75) is 0 Å². The summed E-state index contributed by atoms with van der Waals surface area (Å²) < 4.78 is 1.31. The van der Waals surface area contributed by atoms with E-state index in [-0.39, 0.29) is 10.3 Å². The summed E-state index contributed by atoms with van der Waals surface area (Å²) >= 11 is 1.05. The van der Waals surface area contributed by atoms with Gasteiger partial charge in [-0.2, -0.15) is 0 Å². The minimum absolute atomic E-state index is 0.199. The van der Waals surface area contributed by atoms with Crippen LogP contribution < -0.4 is 22.5 Å². The number of thiophene rings is 1. The predicted octanol–water partition coefficient (Wildman–Crippen LogP) is 1.33. The minimum atomic E-state index is -0.626. The normalized spacial score (nSPS) is 11.3. The van der Waals surface area contributed by atoms with Crippen LogP contribution in [0.15, 0.2) is 68.1 Å². The van der Waals surface area contributed by atoms with E-state index >= 15 is 0 Å². The second kappa shape index (κ2) is 6.24. The summed E-state index contributed by atoms with van der Waals surface area (Å²) in [6, 6.07) is 8.85. The molecule has 0 radical (unpaired) electrons. The van der Waals surface area contributed by atoms with Crippen LogP contribution in [0.25, 0.3) is 37.1 Å². The summed E-state index contributed by atoms with van der Waals surface area (Å²) in [6.45, 7) is 0. The van der Waals surface area contributed by atoms with Crippen LogP contribution in [0, 0.1) is 0 Å². The lowest BCUT2D eigenvalue weighted by molar-refractivity contribution is 0.905. The molecule has 0 unspecified atom stereocenters. The molecule has 0 spiro atoms. The first kappa shape index (κ1) is 17.1. The standard InChI is InChI=1S/C19H11N5O4S/c25-16-11(7-21-18(27)23-16)14-5-12-15(29-14)17(26)24(19(28)22-12)13-8-20-6-9-3-1-2-4-10(9)13/h1-8H,(H,22,28)(H2,21,23,25,27). The Bertz CT molecular complexity index is 1650. The molecule has 10 heteroatoms. The lowest BCUT2D eigenvalue weighted by Gasteiger charge is -2.07. The van der Waals surface area contributed by atoms with Gasteiger partial charge in [-0.1, -0.05) is 24.3 Å². The van der Waals surface area contributed by atoms with E-state index in [4.69, 9.17) is 0 Å². The maximum Gasteiger partial charge on any atom is 0.333 e. The van der Waals surface area contributed by atoms with Gasteiger partial charge < -0.3 is 9.97 Å². The summed E-state index contributed by atoms with van der Waals surface area (Å²) in [4.78, 5) is 61.0. The van der Waals surface area contributed by atoms with Crippen molar-refractivity contribution in [1.82, 2.24) is 24.5 Å². The van der Waals surface area contributed by atoms with E-state index < -0.39 is 22.5 Å². The molecular formula is C19H11N5O4S. The van der Waals surface area contributed by atoms with Crippen LogP contribution in [-0.2, 0) is 0 Å².